The van der Waals surface area contributed by atoms with E-state index in [0.717, 1.165) is 14.2 Å². The molecule has 5 N–H and O–H groups in total. The summed E-state index contributed by atoms with van der Waals surface area (Å²) in [5.41, 5.74) is 0.360. The number of aliphatic hydroxyl groups is 3. The Morgan fingerprint density at radius 1 is 1.04 bits per heavy atom. The zero-order valence-electron chi connectivity index (χ0n) is 15.4. The molecular formula is C14H28BrNaO8S2. The minimum Gasteiger partial charge on any atom is -0.857 e. The van der Waals surface area contributed by atoms with Gasteiger partial charge in [-0.25, -0.2) is 9.59 Å². The van der Waals surface area contributed by atoms with Crippen LogP contribution in [0, 0.1) is 0 Å². The molecule has 0 aromatic heterocycles. The average molecular weight is 491 g/mol. The summed E-state index contributed by atoms with van der Waals surface area (Å²) >= 11 is 7.96. The largest absolute Gasteiger partial charge is 1.00 e. The molecule has 0 heterocycles. The molecule has 12 heteroatoms. The number of carboxylic acids is 2. The average Bonchev–Trinajstić information content (AvgIpc) is 2.64. The smallest absolute Gasteiger partial charge is 0.857 e. The fourth-order valence-electron chi connectivity index (χ4n) is 0.379. The van der Waals surface area contributed by atoms with E-state index in [1.165, 1.54) is 11.8 Å². The molecule has 0 aliphatic carbocycles. The van der Waals surface area contributed by atoms with Crippen LogP contribution in [0.2, 0.25) is 0 Å². The zero-order chi connectivity index (χ0) is 21.3. The summed E-state index contributed by atoms with van der Waals surface area (Å²) in [7, 11) is 1.75. The van der Waals surface area contributed by atoms with Gasteiger partial charge in [-0.1, -0.05) is 29.1 Å². The van der Waals surface area contributed by atoms with Crippen molar-refractivity contribution in [1.29, 1.82) is 0 Å². The summed E-state index contributed by atoms with van der Waals surface area (Å²) in [6.45, 7) is 6.81. The van der Waals surface area contributed by atoms with Gasteiger partial charge in [-0.2, -0.15) is 31.5 Å². The van der Waals surface area contributed by atoms with E-state index in [4.69, 9.17) is 30.6 Å². The zero-order valence-corrected chi connectivity index (χ0v) is 20.6. The summed E-state index contributed by atoms with van der Waals surface area (Å²) < 4.78 is 0. The van der Waals surface area contributed by atoms with Gasteiger partial charge in [0.25, 0.3) is 0 Å². The number of alkyl halides is 1. The van der Waals surface area contributed by atoms with E-state index in [2.05, 4.69) is 41.7 Å². The molecule has 0 aromatic carbocycles. The van der Waals surface area contributed by atoms with Gasteiger partial charge < -0.3 is 30.6 Å². The van der Waals surface area contributed by atoms with E-state index in [-0.39, 0.29) is 53.9 Å². The number of rotatable bonds is 8. The van der Waals surface area contributed by atoms with Gasteiger partial charge in [0.1, 0.15) is 0 Å². The topological polar surface area (TPSA) is 158 Å². The number of thiol groups is 1. The Balaban J connectivity index is -0.0000000549. The van der Waals surface area contributed by atoms with E-state index >= 15 is 0 Å². The first-order valence-electron chi connectivity index (χ1n) is 6.42. The molecule has 0 bridgehead atoms. The van der Waals surface area contributed by atoms with Crippen LogP contribution in [-0.4, -0.2) is 87.5 Å². The fourth-order valence-corrected chi connectivity index (χ4v) is 1.26. The third kappa shape index (κ3) is 49.7. The molecule has 8 nitrogen and oxygen atoms in total. The summed E-state index contributed by atoms with van der Waals surface area (Å²) in [6.07, 6.45) is 0. The van der Waals surface area contributed by atoms with Crippen LogP contribution in [-0.2, 0) is 9.59 Å². The van der Waals surface area contributed by atoms with E-state index in [0.29, 0.717) is 22.6 Å². The summed E-state index contributed by atoms with van der Waals surface area (Å²) in [5.74, 6) is -0.398. The SMILES string of the molecule is C=C(CBr)C(=O)O.C=C(CSCCO)C(=O)O.CO.C[O-].OCCS.[Na+]. The van der Waals surface area contributed by atoms with Crippen LogP contribution >= 0.6 is 40.3 Å². The van der Waals surface area contributed by atoms with Crippen LogP contribution in [0.4, 0.5) is 0 Å². The van der Waals surface area contributed by atoms with Crippen LogP contribution in [0.1, 0.15) is 0 Å². The Morgan fingerprint density at radius 3 is 1.54 bits per heavy atom. The monoisotopic (exact) mass is 490 g/mol. The van der Waals surface area contributed by atoms with Crippen molar-refractivity contribution in [3.63, 3.8) is 0 Å². The van der Waals surface area contributed by atoms with Gasteiger partial charge >= 0.3 is 41.5 Å². The van der Waals surface area contributed by atoms with Gasteiger partial charge in [0, 0.05) is 40.8 Å². The number of aliphatic carboxylic acids is 2. The van der Waals surface area contributed by atoms with Crippen molar-refractivity contribution in [3.8, 4) is 0 Å². The van der Waals surface area contributed by atoms with Crippen LogP contribution in [0.15, 0.2) is 24.3 Å². The molecule has 0 amide bonds. The summed E-state index contributed by atoms with van der Waals surface area (Å²) in [4.78, 5) is 19.9. The molecule has 0 aliphatic rings. The Bertz CT molecular complexity index is 332. The molecule has 0 saturated heterocycles. The van der Waals surface area contributed by atoms with Crippen molar-refractivity contribution >= 4 is 52.3 Å². The Morgan fingerprint density at radius 2 is 1.38 bits per heavy atom. The Labute approximate surface area is 195 Å². The van der Waals surface area contributed by atoms with Gasteiger partial charge in [-0.3, -0.25) is 0 Å². The van der Waals surface area contributed by atoms with Crippen LogP contribution < -0.4 is 34.7 Å². The van der Waals surface area contributed by atoms with Gasteiger partial charge in [0.15, 0.2) is 0 Å². The second-order valence-corrected chi connectivity index (χ2v) is 5.29. The Hall–Kier alpha value is 0.440. The van der Waals surface area contributed by atoms with Gasteiger partial charge in [-0.15, -0.1) is 0 Å². The molecule has 0 radical (unpaired) electrons. The number of carbonyl (C=O) groups is 2. The van der Waals surface area contributed by atoms with Crippen LogP contribution in [0.25, 0.3) is 0 Å². The normalized spacial score (nSPS) is 7.38. The number of halogens is 1. The summed E-state index contributed by atoms with van der Waals surface area (Å²) in [6, 6.07) is 0. The van der Waals surface area contributed by atoms with Crippen molar-refractivity contribution in [2.75, 3.05) is 50.0 Å². The second-order valence-electron chi connectivity index (χ2n) is 3.17. The van der Waals surface area contributed by atoms with E-state index < -0.39 is 11.9 Å². The maximum Gasteiger partial charge on any atom is 1.00 e. The number of thioether (sulfide) groups is 1. The fraction of sp³-hybridized carbons (Fsp3) is 0.571. The molecular weight excluding hydrogens is 463 g/mol. The van der Waals surface area contributed by atoms with Crippen LogP contribution in [0.3, 0.4) is 0 Å². The predicted molar refractivity (Wildman–Crippen MR) is 107 cm³/mol. The second kappa shape index (κ2) is 40.2. The molecule has 0 fully saturated rings. The minimum atomic E-state index is -0.967. The summed E-state index contributed by atoms with van der Waals surface area (Å²) in [5, 5.41) is 48.1. The van der Waals surface area contributed by atoms with Crippen molar-refractivity contribution in [2.24, 2.45) is 0 Å². The number of carboxylic acid groups (broad SMARTS) is 2. The third-order valence-corrected chi connectivity index (χ3v) is 3.28. The molecule has 0 atom stereocenters. The van der Waals surface area contributed by atoms with Gasteiger partial charge in [0.05, 0.1) is 13.2 Å². The maximum atomic E-state index is 10.1. The predicted octanol–water partition coefficient (Wildman–Crippen LogP) is -3.13. The Kier molecular flexibility index (Phi) is 63.3. The van der Waals surface area contributed by atoms with Crippen molar-refractivity contribution in [3.05, 3.63) is 24.3 Å². The van der Waals surface area contributed by atoms with E-state index in [1.807, 2.05) is 0 Å². The molecule has 0 saturated carbocycles. The van der Waals surface area contributed by atoms with E-state index in [1.54, 1.807) is 0 Å². The molecule has 26 heavy (non-hydrogen) atoms. The number of hydrogen-bond donors (Lipinski definition) is 6. The molecule has 0 unspecified atom stereocenters. The first kappa shape index (κ1) is 41.0. The molecule has 0 aromatic rings. The molecule has 0 rings (SSSR count). The standard InChI is InChI=1S/C6H10O3S.C4H5BrO2.C2H6OS.CH4O.CH3O.Na/c1-5(6(8)9)4-10-3-2-7;1-3(2-5)4(6)7;3-1-2-4;2*1-2;/h7H,1-4H2,(H,8,9);1-2H2,(H,6,7);3-4H,1-2H2;2H,1H3;1H3;/q;;;;-1;+1. The quantitative estimate of drug-likeness (QED) is 0.0679. The maximum absolute atomic E-state index is 10.1. The van der Waals surface area contributed by atoms with E-state index in [9.17, 15) is 9.59 Å². The minimum absolute atomic E-state index is 0. The number of aliphatic hydroxyl groups excluding tert-OH is 3. The van der Waals surface area contributed by atoms with Gasteiger partial charge in [-0.05, 0) is 0 Å². The third-order valence-electron chi connectivity index (χ3n) is 1.38. The van der Waals surface area contributed by atoms with Crippen molar-refractivity contribution in [2.45, 2.75) is 0 Å². The van der Waals surface area contributed by atoms with Crippen LogP contribution in [0.5, 0.6) is 0 Å². The van der Waals surface area contributed by atoms with Crippen molar-refractivity contribution in [1.82, 2.24) is 0 Å². The van der Waals surface area contributed by atoms with Gasteiger partial charge in [0.2, 0.25) is 0 Å². The molecule has 0 spiro atoms. The first-order chi connectivity index (χ1) is 11.8. The number of hydrogen-bond acceptors (Lipinski definition) is 8. The molecule has 0 aliphatic heterocycles. The first-order valence-corrected chi connectivity index (χ1v) is 9.33. The molecule has 152 valence electrons. The van der Waals surface area contributed by atoms with Crippen molar-refractivity contribution < 1.29 is 69.8 Å².